The van der Waals surface area contributed by atoms with Crippen molar-refractivity contribution in [2.24, 2.45) is 12.0 Å². The summed E-state index contributed by atoms with van der Waals surface area (Å²) in [5, 5.41) is 15.4. The second-order valence-corrected chi connectivity index (χ2v) is 7.51. The van der Waals surface area contributed by atoms with Crippen molar-refractivity contribution >= 4 is 5.96 Å². The fraction of sp³-hybridized carbons (Fsp3) is 0.833. The van der Waals surface area contributed by atoms with Crippen LogP contribution in [-0.2, 0) is 18.3 Å². The fourth-order valence-electron chi connectivity index (χ4n) is 3.58. The van der Waals surface area contributed by atoms with E-state index in [4.69, 9.17) is 9.73 Å². The van der Waals surface area contributed by atoms with Gasteiger partial charge in [-0.15, -0.1) is 10.2 Å². The first kappa shape index (κ1) is 19.1. The quantitative estimate of drug-likeness (QED) is 0.404. The standard InChI is InChI=1S/C18H33N7O/c1-13-10-15(12-25(13)16-6-7-16)21-18(19-8-5-9-26-4)20-11-17-23-22-14(2)24(17)3/h13,15-16H,5-12H2,1-4H3,(H2,19,20,21). The smallest absolute Gasteiger partial charge is 0.191 e. The van der Waals surface area contributed by atoms with Gasteiger partial charge in [0, 0.05) is 52.0 Å². The minimum Gasteiger partial charge on any atom is -0.385 e. The molecule has 1 aromatic rings. The molecule has 2 aliphatic rings. The summed E-state index contributed by atoms with van der Waals surface area (Å²) in [6.45, 7) is 7.50. The van der Waals surface area contributed by atoms with Gasteiger partial charge in [0.05, 0.1) is 0 Å². The van der Waals surface area contributed by atoms with E-state index in [2.05, 4.69) is 32.7 Å². The summed E-state index contributed by atoms with van der Waals surface area (Å²) < 4.78 is 7.12. The van der Waals surface area contributed by atoms with Gasteiger partial charge in [0.2, 0.25) is 0 Å². The Kier molecular flexibility index (Phi) is 6.48. The maximum Gasteiger partial charge on any atom is 0.191 e. The summed E-state index contributed by atoms with van der Waals surface area (Å²) in [4.78, 5) is 7.40. The molecular weight excluding hydrogens is 330 g/mol. The number of hydrogen-bond donors (Lipinski definition) is 2. The third kappa shape index (κ3) is 4.94. The number of rotatable bonds is 8. The second kappa shape index (κ2) is 8.81. The molecule has 2 N–H and O–H groups in total. The van der Waals surface area contributed by atoms with Crippen molar-refractivity contribution in [3.05, 3.63) is 11.6 Å². The molecule has 2 unspecified atom stereocenters. The van der Waals surface area contributed by atoms with Crippen LogP contribution in [0, 0.1) is 6.92 Å². The molecule has 8 heteroatoms. The maximum atomic E-state index is 5.14. The van der Waals surface area contributed by atoms with E-state index in [1.54, 1.807) is 7.11 Å². The Morgan fingerprint density at radius 1 is 1.35 bits per heavy atom. The molecular formula is C18H33N7O. The average molecular weight is 364 g/mol. The lowest BCUT2D eigenvalue weighted by molar-refractivity contribution is 0.195. The lowest BCUT2D eigenvalue weighted by Gasteiger charge is -2.20. The van der Waals surface area contributed by atoms with Crippen LogP contribution in [0.3, 0.4) is 0 Å². The summed E-state index contributed by atoms with van der Waals surface area (Å²) >= 11 is 0. The van der Waals surface area contributed by atoms with E-state index in [0.29, 0.717) is 18.6 Å². The number of nitrogens with one attached hydrogen (secondary N) is 2. The Bertz CT molecular complexity index is 611. The first-order chi connectivity index (χ1) is 12.6. The molecule has 2 fully saturated rings. The van der Waals surface area contributed by atoms with Crippen molar-refractivity contribution in [1.82, 2.24) is 30.3 Å². The molecule has 8 nitrogen and oxygen atoms in total. The van der Waals surface area contributed by atoms with E-state index in [9.17, 15) is 0 Å². The summed E-state index contributed by atoms with van der Waals surface area (Å²) in [6, 6.07) is 1.91. The number of ether oxygens (including phenoxy) is 1. The molecule has 0 amide bonds. The van der Waals surface area contributed by atoms with Crippen molar-refractivity contribution < 1.29 is 4.74 Å². The monoisotopic (exact) mass is 363 g/mol. The predicted octanol–water partition coefficient (Wildman–Crippen LogP) is 0.820. The zero-order chi connectivity index (χ0) is 18.5. The highest BCUT2D eigenvalue weighted by Crippen LogP contribution is 2.33. The van der Waals surface area contributed by atoms with Gasteiger partial charge in [-0.05, 0) is 39.5 Å². The summed E-state index contributed by atoms with van der Waals surface area (Å²) in [7, 11) is 3.71. The Labute approximate surface area is 156 Å². The molecule has 1 saturated heterocycles. The van der Waals surface area contributed by atoms with Crippen molar-refractivity contribution in [2.75, 3.05) is 26.8 Å². The summed E-state index contributed by atoms with van der Waals surface area (Å²) in [6.07, 6.45) is 4.84. The van der Waals surface area contributed by atoms with Crippen LogP contribution in [0.4, 0.5) is 0 Å². The molecule has 3 rings (SSSR count). The van der Waals surface area contributed by atoms with E-state index in [1.165, 1.54) is 19.3 Å². The molecule has 2 atom stereocenters. The van der Waals surface area contributed by atoms with Crippen molar-refractivity contribution in [3.8, 4) is 0 Å². The van der Waals surface area contributed by atoms with Gasteiger partial charge in [0.15, 0.2) is 11.8 Å². The number of aromatic nitrogens is 3. The highest BCUT2D eigenvalue weighted by atomic mass is 16.5. The minimum absolute atomic E-state index is 0.445. The molecule has 1 aliphatic heterocycles. The van der Waals surface area contributed by atoms with E-state index in [0.717, 1.165) is 49.8 Å². The van der Waals surface area contributed by atoms with E-state index < -0.39 is 0 Å². The maximum absolute atomic E-state index is 5.14. The van der Waals surface area contributed by atoms with Crippen LogP contribution < -0.4 is 10.6 Å². The van der Waals surface area contributed by atoms with Gasteiger partial charge >= 0.3 is 0 Å². The number of hydrogen-bond acceptors (Lipinski definition) is 5. The van der Waals surface area contributed by atoms with Crippen molar-refractivity contribution in [2.45, 2.75) is 64.2 Å². The number of likely N-dealkylation sites (tertiary alicyclic amines) is 1. The molecule has 0 aromatic carbocycles. The SMILES string of the molecule is COCCCNC(=NCc1nnc(C)n1C)NC1CC(C)N(C2CC2)C1. The molecule has 1 saturated carbocycles. The van der Waals surface area contributed by atoms with Crippen LogP contribution in [0.15, 0.2) is 4.99 Å². The van der Waals surface area contributed by atoms with Crippen molar-refractivity contribution in [3.63, 3.8) is 0 Å². The van der Waals surface area contributed by atoms with Crippen LogP contribution in [-0.4, -0.2) is 70.6 Å². The minimum atomic E-state index is 0.445. The summed E-state index contributed by atoms with van der Waals surface area (Å²) in [5.74, 6) is 2.64. The van der Waals surface area contributed by atoms with Gasteiger partial charge in [-0.3, -0.25) is 4.90 Å². The first-order valence-corrected chi connectivity index (χ1v) is 9.73. The van der Waals surface area contributed by atoms with E-state index in [1.807, 2.05) is 18.5 Å². The number of nitrogens with zero attached hydrogens (tertiary/aromatic N) is 5. The third-order valence-corrected chi connectivity index (χ3v) is 5.36. The van der Waals surface area contributed by atoms with Gasteiger partial charge in [0.25, 0.3) is 0 Å². The third-order valence-electron chi connectivity index (χ3n) is 5.36. The molecule has 1 aromatic heterocycles. The molecule has 146 valence electrons. The lowest BCUT2D eigenvalue weighted by Crippen LogP contribution is -2.45. The first-order valence-electron chi connectivity index (χ1n) is 9.73. The Morgan fingerprint density at radius 3 is 2.81 bits per heavy atom. The second-order valence-electron chi connectivity index (χ2n) is 7.51. The van der Waals surface area contributed by atoms with Gasteiger partial charge in [0.1, 0.15) is 12.4 Å². The number of aryl methyl sites for hydroxylation is 1. The van der Waals surface area contributed by atoms with E-state index in [-0.39, 0.29) is 0 Å². The van der Waals surface area contributed by atoms with Crippen LogP contribution in [0.2, 0.25) is 0 Å². The fourth-order valence-corrected chi connectivity index (χ4v) is 3.58. The topological polar surface area (TPSA) is 79.6 Å². The van der Waals surface area contributed by atoms with Crippen LogP contribution in [0.5, 0.6) is 0 Å². The molecule has 26 heavy (non-hydrogen) atoms. The zero-order valence-electron chi connectivity index (χ0n) is 16.5. The Hall–Kier alpha value is -1.67. The predicted molar refractivity (Wildman–Crippen MR) is 102 cm³/mol. The van der Waals surface area contributed by atoms with Gasteiger partial charge in [-0.2, -0.15) is 0 Å². The zero-order valence-corrected chi connectivity index (χ0v) is 16.5. The van der Waals surface area contributed by atoms with Crippen molar-refractivity contribution in [1.29, 1.82) is 0 Å². The molecule has 0 spiro atoms. The normalized spacial score (nSPS) is 24.2. The van der Waals surface area contributed by atoms with Crippen LogP contribution in [0.25, 0.3) is 0 Å². The highest BCUT2D eigenvalue weighted by molar-refractivity contribution is 5.80. The Morgan fingerprint density at radius 2 is 2.15 bits per heavy atom. The lowest BCUT2D eigenvalue weighted by atomic mass is 10.2. The molecule has 0 bridgehead atoms. The van der Waals surface area contributed by atoms with Gasteiger partial charge in [-0.1, -0.05) is 0 Å². The number of methoxy groups -OCH3 is 1. The Balaban J connectivity index is 1.58. The van der Waals surface area contributed by atoms with Crippen LogP contribution in [0.1, 0.15) is 44.3 Å². The molecule has 0 radical (unpaired) electrons. The average Bonchev–Trinajstić information content (AvgIpc) is 3.33. The largest absolute Gasteiger partial charge is 0.385 e. The molecule has 1 aliphatic carbocycles. The van der Waals surface area contributed by atoms with E-state index >= 15 is 0 Å². The van der Waals surface area contributed by atoms with Gasteiger partial charge < -0.3 is 19.9 Å². The highest BCUT2D eigenvalue weighted by Gasteiger charge is 2.38. The number of aliphatic imine (C=N–C) groups is 1. The number of guanidine groups is 1. The van der Waals surface area contributed by atoms with Crippen LogP contribution >= 0.6 is 0 Å². The van der Waals surface area contributed by atoms with Gasteiger partial charge in [-0.25, -0.2) is 4.99 Å². The molecule has 2 heterocycles. The summed E-state index contributed by atoms with van der Waals surface area (Å²) in [5.41, 5.74) is 0.